The van der Waals surface area contributed by atoms with Crippen LogP contribution in [0.1, 0.15) is 75.8 Å². The van der Waals surface area contributed by atoms with Crippen LogP contribution < -0.4 is 5.32 Å². The molecule has 9 heteroatoms. The van der Waals surface area contributed by atoms with Gasteiger partial charge in [-0.15, -0.1) is 0 Å². The van der Waals surface area contributed by atoms with Crippen LogP contribution in [0.5, 0.6) is 0 Å². The molecule has 6 nitrogen and oxygen atoms in total. The van der Waals surface area contributed by atoms with Crippen molar-refractivity contribution in [1.29, 1.82) is 5.26 Å². The lowest BCUT2D eigenvalue weighted by atomic mass is 9.96. The van der Waals surface area contributed by atoms with Crippen LogP contribution in [-0.4, -0.2) is 36.1 Å². The second-order valence-corrected chi connectivity index (χ2v) is 8.28. The van der Waals surface area contributed by atoms with E-state index < -0.39 is 28.8 Å². The van der Waals surface area contributed by atoms with E-state index in [4.69, 9.17) is 14.7 Å². The standard InChI is InChI=1S/C23H31F3N2O4/c1-22(30,12-6-3-2-4-7-13-31-20-9-5-8-14-32-20)21(29)28-18-11-10-17(16-27)19(15-18)23(24,25)26/h10-11,15,20,30H,2-9,12-14H2,1H3,(H,28,29). The molecule has 1 fully saturated rings. The molecule has 0 aliphatic carbocycles. The summed E-state index contributed by atoms with van der Waals surface area (Å²) in [6.07, 6.45) is 2.78. The minimum Gasteiger partial charge on any atom is -0.380 e. The minimum absolute atomic E-state index is 0.0827. The molecule has 32 heavy (non-hydrogen) atoms. The van der Waals surface area contributed by atoms with E-state index in [9.17, 15) is 23.1 Å². The largest absolute Gasteiger partial charge is 0.417 e. The zero-order chi connectivity index (χ0) is 23.6. The van der Waals surface area contributed by atoms with Gasteiger partial charge in [0.25, 0.3) is 5.91 Å². The van der Waals surface area contributed by atoms with E-state index in [1.807, 2.05) is 0 Å². The first-order valence-electron chi connectivity index (χ1n) is 11.0. The van der Waals surface area contributed by atoms with Crippen LogP contribution in [0, 0.1) is 11.3 Å². The number of aliphatic hydroxyl groups is 1. The average molecular weight is 457 g/mol. The topological polar surface area (TPSA) is 91.6 Å². The first kappa shape index (κ1) is 26.1. The Balaban J connectivity index is 1.69. The molecule has 0 aromatic heterocycles. The molecule has 1 saturated heterocycles. The van der Waals surface area contributed by atoms with Crippen LogP contribution in [0.25, 0.3) is 0 Å². The van der Waals surface area contributed by atoms with Gasteiger partial charge >= 0.3 is 6.18 Å². The zero-order valence-electron chi connectivity index (χ0n) is 18.3. The molecule has 2 rings (SSSR count). The van der Waals surface area contributed by atoms with Gasteiger partial charge in [0.1, 0.15) is 5.60 Å². The highest BCUT2D eigenvalue weighted by atomic mass is 19.4. The highest BCUT2D eigenvalue weighted by Gasteiger charge is 2.35. The number of unbranched alkanes of at least 4 members (excludes halogenated alkanes) is 4. The molecule has 0 saturated carbocycles. The van der Waals surface area contributed by atoms with Gasteiger partial charge in [-0.25, -0.2) is 0 Å². The monoisotopic (exact) mass is 456 g/mol. The van der Waals surface area contributed by atoms with E-state index in [0.717, 1.165) is 57.6 Å². The fourth-order valence-electron chi connectivity index (χ4n) is 3.49. The predicted octanol–water partition coefficient (Wildman–Crippen LogP) is 5.15. The van der Waals surface area contributed by atoms with E-state index in [0.29, 0.717) is 19.1 Å². The number of benzene rings is 1. The van der Waals surface area contributed by atoms with E-state index in [2.05, 4.69) is 5.32 Å². The van der Waals surface area contributed by atoms with Crippen molar-refractivity contribution in [3.05, 3.63) is 29.3 Å². The van der Waals surface area contributed by atoms with Gasteiger partial charge in [0.05, 0.1) is 17.2 Å². The first-order chi connectivity index (χ1) is 15.1. The number of alkyl halides is 3. The molecule has 1 aliphatic rings. The number of nitrogens with zero attached hydrogens (tertiary/aromatic N) is 1. The number of rotatable bonds is 11. The van der Waals surface area contributed by atoms with Crippen molar-refractivity contribution in [2.75, 3.05) is 18.5 Å². The number of halogens is 3. The third-order valence-electron chi connectivity index (χ3n) is 5.44. The van der Waals surface area contributed by atoms with Gasteiger partial charge in [0, 0.05) is 18.9 Å². The van der Waals surface area contributed by atoms with Crippen LogP contribution in [0.3, 0.4) is 0 Å². The lowest BCUT2D eigenvalue weighted by Gasteiger charge is -2.23. The molecule has 0 spiro atoms. The lowest BCUT2D eigenvalue weighted by Crippen LogP contribution is -2.40. The van der Waals surface area contributed by atoms with Crippen LogP contribution in [0.2, 0.25) is 0 Å². The maximum absolute atomic E-state index is 13.1. The van der Waals surface area contributed by atoms with E-state index in [-0.39, 0.29) is 18.4 Å². The minimum atomic E-state index is -4.72. The summed E-state index contributed by atoms with van der Waals surface area (Å²) in [6, 6.07) is 4.39. The Hall–Kier alpha value is -2.15. The molecule has 178 valence electrons. The SMILES string of the molecule is CC(O)(CCCCCCCOC1CCCCO1)C(=O)Nc1ccc(C#N)c(C(F)(F)F)c1. The fourth-order valence-corrected chi connectivity index (χ4v) is 3.49. The Morgan fingerprint density at radius 2 is 1.97 bits per heavy atom. The molecule has 2 atom stereocenters. The molecule has 2 N–H and O–H groups in total. The number of anilines is 1. The van der Waals surface area contributed by atoms with Crippen LogP contribution >= 0.6 is 0 Å². The Labute approximate surface area is 186 Å². The summed E-state index contributed by atoms with van der Waals surface area (Å²) < 4.78 is 50.4. The second kappa shape index (κ2) is 12.2. The molecule has 0 bridgehead atoms. The van der Waals surface area contributed by atoms with Gasteiger partial charge in [-0.05, 0) is 57.2 Å². The highest BCUT2D eigenvalue weighted by Crippen LogP contribution is 2.33. The number of carbonyl (C=O) groups excluding carboxylic acids is 1. The predicted molar refractivity (Wildman–Crippen MR) is 113 cm³/mol. The van der Waals surface area contributed by atoms with Gasteiger partial charge in [-0.1, -0.05) is 25.7 Å². The van der Waals surface area contributed by atoms with E-state index >= 15 is 0 Å². The summed E-state index contributed by atoms with van der Waals surface area (Å²) in [5.41, 5.74) is -3.49. The molecule has 1 aliphatic heterocycles. The van der Waals surface area contributed by atoms with Crippen molar-refractivity contribution in [3.8, 4) is 6.07 Å². The number of ether oxygens (including phenoxy) is 2. The van der Waals surface area contributed by atoms with Crippen molar-refractivity contribution in [3.63, 3.8) is 0 Å². The zero-order valence-corrected chi connectivity index (χ0v) is 18.3. The maximum Gasteiger partial charge on any atom is 0.417 e. The summed E-state index contributed by atoms with van der Waals surface area (Å²) in [6.45, 7) is 2.75. The Kier molecular flexibility index (Phi) is 9.94. The van der Waals surface area contributed by atoms with Crippen molar-refractivity contribution in [2.24, 2.45) is 0 Å². The van der Waals surface area contributed by atoms with Crippen LogP contribution in [-0.2, 0) is 20.4 Å². The molecule has 2 unspecified atom stereocenters. The van der Waals surface area contributed by atoms with Gasteiger partial charge < -0.3 is 19.9 Å². The highest BCUT2D eigenvalue weighted by molar-refractivity contribution is 5.96. The Morgan fingerprint density at radius 3 is 2.62 bits per heavy atom. The summed E-state index contributed by atoms with van der Waals surface area (Å²) >= 11 is 0. The van der Waals surface area contributed by atoms with E-state index in [1.165, 1.54) is 19.1 Å². The summed E-state index contributed by atoms with van der Waals surface area (Å²) in [4.78, 5) is 12.4. The summed E-state index contributed by atoms with van der Waals surface area (Å²) in [5.74, 6) is -0.781. The summed E-state index contributed by atoms with van der Waals surface area (Å²) in [7, 11) is 0. The lowest BCUT2D eigenvalue weighted by molar-refractivity contribution is -0.162. The number of amides is 1. The van der Waals surface area contributed by atoms with Crippen molar-refractivity contribution in [2.45, 2.75) is 82.8 Å². The maximum atomic E-state index is 13.1. The molecular weight excluding hydrogens is 425 g/mol. The number of carbonyl (C=O) groups is 1. The number of hydrogen-bond acceptors (Lipinski definition) is 5. The summed E-state index contributed by atoms with van der Waals surface area (Å²) in [5, 5.41) is 21.6. The van der Waals surface area contributed by atoms with Gasteiger partial charge in [0.2, 0.25) is 0 Å². The molecule has 1 amide bonds. The second-order valence-electron chi connectivity index (χ2n) is 8.28. The third kappa shape index (κ3) is 8.41. The molecule has 1 aromatic carbocycles. The normalized spacial score (nSPS) is 18.6. The smallest absolute Gasteiger partial charge is 0.380 e. The molecule has 1 heterocycles. The van der Waals surface area contributed by atoms with Crippen molar-refractivity contribution in [1.82, 2.24) is 0 Å². The molecular formula is C23H31F3N2O4. The number of nitriles is 1. The Bertz CT molecular complexity index is 784. The quantitative estimate of drug-likeness (QED) is 0.449. The van der Waals surface area contributed by atoms with Crippen molar-refractivity contribution < 1.29 is 32.5 Å². The van der Waals surface area contributed by atoms with Crippen molar-refractivity contribution >= 4 is 11.6 Å². The molecule has 0 radical (unpaired) electrons. The third-order valence-corrected chi connectivity index (χ3v) is 5.44. The average Bonchev–Trinajstić information content (AvgIpc) is 2.75. The van der Waals surface area contributed by atoms with E-state index in [1.54, 1.807) is 0 Å². The molecule has 1 aromatic rings. The number of nitrogens with one attached hydrogen (secondary N) is 1. The number of hydrogen-bond donors (Lipinski definition) is 2. The van der Waals surface area contributed by atoms with Crippen LogP contribution in [0.4, 0.5) is 18.9 Å². The van der Waals surface area contributed by atoms with Crippen LogP contribution in [0.15, 0.2) is 18.2 Å². The van der Waals surface area contributed by atoms with Gasteiger partial charge in [-0.2, -0.15) is 18.4 Å². The first-order valence-corrected chi connectivity index (χ1v) is 11.0. The fraction of sp³-hybridized carbons (Fsp3) is 0.652. The van der Waals surface area contributed by atoms with Gasteiger partial charge in [-0.3, -0.25) is 4.79 Å². The Morgan fingerprint density at radius 1 is 1.25 bits per heavy atom. The van der Waals surface area contributed by atoms with Gasteiger partial charge in [0.15, 0.2) is 6.29 Å².